The van der Waals surface area contributed by atoms with Crippen LogP contribution in [0.1, 0.15) is 19.4 Å². The van der Waals surface area contributed by atoms with Crippen LogP contribution in [0.25, 0.3) is 0 Å². The molecule has 32 heavy (non-hydrogen) atoms. The zero-order chi connectivity index (χ0) is 24.1. The van der Waals surface area contributed by atoms with Gasteiger partial charge in [0.25, 0.3) is 0 Å². The third-order valence-corrected chi connectivity index (χ3v) is 4.72. The molecule has 0 unspecified atom stereocenters. The molecule has 2 aliphatic heterocycles. The molecule has 2 fully saturated rings. The van der Waals surface area contributed by atoms with Crippen molar-refractivity contribution in [2.24, 2.45) is 11.7 Å². The van der Waals surface area contributed by atoms with Crippen LogP contribution in [-0.4, -0.2) is 67.3 Å². The molecular weight excluding hydrogens is 439 g/mol. The van der Waals surface area contributed by atoms with Crippen LogP contribution >= 0.6 is 0 Å². The highest BCUT2D eigenvalue weighted by Gasteiger charge is 2.57. The number of alkyl halides is 3. The van der Waals surface area contributed by atoms with Gasteiger partial charge in [-0.2, -0.15) is 13.2 Å². The molecule has 3 N–H and O–H groups in total. The van der Waals surface area contributed by atoms with Crippen LogP contribution in [0.4, 0.5) is 13.2 Å². The Morgan fingerprint density at radius 2 is 1.81 bits per heavy atom. The van der Waals surface area contributed by atoms with Crippen LogP contribution in [0.5, 0.6) is 0 Å². The van der Waals surface area contributed by atoms with Crippen molar-refractivity contribution in [2.45, 2.75) is 57.0 Å². The lowest BCUT2D eigenvalue weighted by molar-refractivity contribution is -0.223. The second kappa shape index (κ2) is 10.6. The topological polar surface area (TPSA) is 127 Å². The minimum absolute atomic E-state index is 0.0843. The van der Waals surface area contributed by atoms with Crippen molar-refractivity contribution in [3.05, 3.63) is 35.9 Å². The number of carbonyl (C=O) groups is 2. The molecule has 12 heteroatoms. The zero-order valence-corrected chi connectivity index (χ0v) is 17.7. The molecule has 2 heterocycles. The van der Waals surface area contributed by atoms with Gasteiger partial charge >= 0.3 is 18.1 Å². The molecule has 1 aromatic rings. The van der Waals surface area contributed by atoms with E-state index in [1.165, 1.54) is 0 Å². The monoisotopic (exact) mass is 465 g/mol. The Balaban J connectivity index is 0.000000451. The lowest BCUT2D eigenvalue weighted by atomic mass is 9.96. The lowest BCUT2D eigenvalue weighted by Crippen LogP contribution is -2.45. The highest BCUT2D eigenvalue weighted by atomic mass is 19.4. The number of rotatable bonds is 6. The number of benzene rings is 1. The maximum Gasteiger partial charge on any atom is 0.490 e. The molecule has 0 spiro atoms. The summed E-state index contributed by atoms with van der Waals surface area (Å²) in [4.78, 5) is 21.4. The number of carboxylic acids is 1. The Bertz CT molecular complexity index is 774. The number of carboxylic acid groups (broad SMARTS) is 1. The largest absolute Gasteiger partial charge is 0.490 e. The zero-order valence-electron chi connectivity index (χ0n) is 17.7. The van der Waals surface area contributed by atoms with E-state index in [-0.39, 0.29) is 13.2 Å². The molecule has 0 saturated carbocycles. The standard InChI is InChI=1S/C18H25NO6.C2HF3O2/c1-18(2)24-15-14(21-3)13(23-17(15)25-18)12(9-19)16(20)22-10-11-7-5-4-6-8-11;3-2(4,5)1(6)7/h4-8,12-15,17H,9-10,19H2,1-3H3;(H,6,7)/t12-,13+,14-,15+,17+;/m0./s1. The van der Waals surface area contributed by atoms with Crippen LogP contribution in [0.2, 0.25) is 0 Å². The normalized spacial score (nSPS) is 27.1. The predicted molar refractivity (Wildman–Crippen MR) is 102 cm³/mol. The fraction of sp³-hybridized carbons (Fsp3) is 0.600. The summed E-state index contributed by atoms with van der Waals surface area (Å²) < 4.78 is 60.1. The van der Waals surface area contributed by atoms with Gasteiger partial charge in [0, 0.05) is 13.7 Å². The summed E-state index contributed by atoms with van der Waals surface area (Å²) in [6.07, 6.45) is -7.10. The Morgan fingerprint density at radius 3 is 2.31 bits per heavy atom. The van der Waals surface area contributed by atoms with Gasteiger partial charge in [-0.3, -0.25) is 4.79 Å². The van der Waals surface area contributed by atoms with E-state index in [0.29, 0.717) is 0 Å². The third kappa shape index (κ3) is 6.62. The summed E-state index contributed by atoms with van der Waals surface area (Å²) in [5.74, 6) is -4.58. The van der Waals surface area contributed by atoms with E-state index in [1.54, 1.807) is 7.11 Å². The van der Waals surface area contributed by atoms with Gasteiger partial charge in [0.2, 0.25) is 0 Å². The van der Waals surface area contributed by atoms with Gasteiger partial charge in [0.15, 0.2) is 12.1 Å². The summed E-state index contributed by atoms with van der Waals surface area (Å²) in [5, 5.41) is 7.12. The first kappa shape index (κ1) is 26.0. The van der Waals surface area contributed by atoms with Gasteiger partial charge in [-0.15, -0.1) is 0 Å². The van der Waals surface area contributed by atoms with Gasteiger partial charge in [-0.05, 0) is 19.4 Å². The Kier molecular flexibility index (Phi) is 8.60. The van der Waals surface area contributed by atoms with Crippen LogP contribution in [-0.2, 0) is 39.9 Å². The molecule has 180 valence electrons. The van der Waals surface area contributed by atoms with Crippen molar-refractivity contribution in [3.8, 4) is 0 Å². The quantitative estimate of drug-likeness (QED) is 0.605. The number of esters is 1. The summed E-state index contributed by atoms with van der Waals surface area (Å²) in [5.41, 5.74) is 6.73. The van der Waals surface area contributed by atoms with Crippen LogP contribution in [0.3, 0.4) is 0 Å². The van der Waals surface area contributed by atoms with Crippen molar-refractivity contribution in [3.63, 3.8) is 0 Å². The maximum absolute atomic E-state index is 12.5. The highest BCUT2D eigenvalue weighted by Crippen LogP contribution is 2.40. The lowest BCUT2D eigenvalue weighted by Gasteiger charge is -2.28. The van der Waals surface area contributed by atoms with E-state index < -0.39 is 54.4 Å². The van der Waals surface area contributed by atoms with Gasteiger partial charge < -0.3 is 34.5 Å². The smallest absolute Gasteiger partial charge is 0.475 e. The number of hydrogen-bond donors (Lipinski definition) is 2. The van der Waals surface area contributed by atoms with E-state index in [1.807, 2.05) is 44.2 Å². The molecule has 3 rings (SSSR count). The molecule has 0 amide bonds. The van der Waals surface area contributed by atoms with Crippen LogP contribution in [0, 0.1) is 5.92 Å². The number of aliphatic carboxylic acids is 1. The first-order valence-electron chi connectivity index (χ1n) is 9.64. The van der Waals surface area contributed by atoms with Gasteiger partial charge in [-0.25, -0.2) is 4.79 Å². The van der Waals surface area contributed by atoms with Crippen molar-refractivity contribution < 1.29 is 51.6 Å². The number of hydrogen-bond acceptors (Lipinski definition) is 8. The molecule has 0 radical (unpaired) electrons. The summed E-state index contributed by atoms with van der Waals surface area (Å²) in [6.45, 7) is 3.89. The Labute approximate surface area is 182 Å². The highest BCUT2D eigenvalue weighted by molar-refractivity contribution is 5.74. The molecule has 5 atom stereocenters. The Morgan fingerprint density at radius 1 is 1.22 bits per heavy atom. The van der Waals surface area contributed by atoms with Crippen LogP contribution in [0.15, 0.2) is 30.3 Å². The number of ether oxygens (including phenoxy) is 5. The first-order valence-corrected chi connectivity index (χ1v) is 9.64. The number of fused-ring (bicyclic) bond motifs is 1. The average Bonchev–Trinajstić information content (AvgIpc) is 3.18. The van der Waals surface area contributed by atoms with E-state index in [0.717, 1.165) is 5.56 Å². The fourth-order valence-corrected chi connectivity index (χ4v) is 3.30. The predicted octanol–water partition coefficient (Wildman–Crippen LogP) is 1.83. The van der Waals surface area contributed by atoms with Crippen LogP contribution < -0.4 is 5.73 Å². The minimum atomic E-state index is -5.08. The molecule has 9 nitrogen and oxygen atoms in total. The average molecular weight is 465 g/mol. The number of nitrogens with two attached hydrogens (primary N) is 1. The SMILES string of the molecule is CO[C@@H]1[C@H]2OC(C)(C)O[C@H]2O[C@@H]1[C@H](CN)C(=O)OCc1ccccc1.O=C(O)C(F)(F)F. The van der Waals surface area contributed by atoms with Gasteiger partial charge in [0.1, 0.15) is 24.9 Å². The number of carbonyl (C=O) groups excluding carboxylic acids is 1. The van der Waals surface area contributed by atoms with Crippen molar-refractivity contribution in [1.82, 2.24) is 0 Å². The minimum Gasteiger partial charge on any atom is -0.475 e. The van der Waals surface area contributed by atoms with Gasteiger partial charge in [0.05, 0.1) is 5.92 Å². The maximum atomic E-state index is 12.5. The molecule has 2 aliphatic rings. The first-order chi connectivity index (χ1) is 14.9. The number of methoxy groups -OCH3 is 1. The molecule has 0 aromatic heterocycles. The van der Waals surface area contributed by atoms with E-state index in [9.17, 15) is 18.0 Å². The molecule has 2 saturated heterocycles. The Hall–Kier alpha value is -2.25. The molecule has 0 aliphatic carbocycles. The van der Waals surface area contributed by atoms with E-state index >= 15 is 0 Å². The summed E-state index contributed by atoms with van der Waals surface area (Å²) in [6, 6.07) is 9.47. The second-order valence-electron chi connectivity index (χ2n) is 7.51. The summed E-state index contributed by atoms with van der Waals surface area (Å²) in [7, 11) is 1.56. The van der Waals surface area contributed by atoms with Crippen molar-refractivity contribution >= 4 is 11.9 Å². The van der Waals surface area contributed by atoms with Crippen molar-refractivity contribution in [1.29, 1.82) is 0 Å². The van der Waals surface area contributed by atoms with Gasteiger partial charge in [-0.1, -0.05) is 30.3 Å². The molecule has 1 aromatic carbocycles. The fourth-order valence-electron chi connectivity index (χ4n) is 3.30. The third-order valence-electron chi connectivity index (χ3n) is 4.72. The van der Waals surface area contributed by atoms with E-state index in [2.05, 4.69) is 0 Å². The van der Waals surface area contributed by atoms with E-state index in [4.69, 9.17) is 39.3 Å². The number of halogens is 3. The second-order valence-corrected chi connectivity index (χ2v) is 7.51. The molecule has 0 bridgehead atoms. The summed E-state index contributed by atoms with van der Waals surface area (Å²) >= 11 is 0. The molecular formula is C20H26F3NO8. The van der Waals surface area contributed by atoms with Crippen molar-refractivity contribution in [2.75, 3.05) is 13.7 Å².